The van der Waals surface area contributed by atoms with Crippen LogP contribution in [0.5, 0.6) is 5.75 Å². The molecule has 1 atom stereocenters. The number of nitrogens with zero attached hydrogens (tertiary/aromatic N) is 1. The zero-order chi connectivity index (χ0) is 16.9. The first kappa shape index (κ1) is 15.1. The van der Waals surface area contributed by atoms with Gasteiger partial charge in [0.15, 0.2) is 0 Å². The molecule has 1 aromatic heterocycles. The third-order valence-corrected chi connectivity index (χ3v) is 5.97. The number of aromatic nitrogens is 1. The van der Waals surface area contributed by atoms with Crippen LogP contribution in [0.2, 0.25) is 0 Å². The number of hydrogen-bond donors (Lipinski definition) is 1. The van der Waals surface area contributed by atoms with Gasteiger partial charge in [-0.25, -0.2) is 0 Å². The summed E-state index contributed by atoms with van der Waals surface area (Å²) in [4.78, 5) is 13.0. The number of para-hydroxylation sites is 1. The molecule has 2 aliphatic carbocycles. The van der Waals surface area contributed by atoms with Crippen molar-refractivity contribution in [3.63, 3.8) is 0 Å². The molecule has 4 nitrogen and oxygen atoms in total. The predicted molar refractivity (Wildman–Crippen MR) is 95.8 cm³/mol. The van der Waals surface area contributed by atoms with E-state index in [0.29, 0.717) is 6.04 Å². The lowest BCUT2D eigenvalue weighted by Crippen LogP contribution is -2.43. The molecular weight excluding hydrogens is 312 g/mol. The van der Waals surface area contributed by atoms with Crippen LogP contribution >= 0.6 is 0 Å². The Morgan fingerprint density at radius 1 is 1.12 bits per heavy atom. The molecule has 0 unspecified atom stereocenters. The molecule has 1 aromatic carbocycles. The minimum Gasteiger partial charge on any atom is -0.487 e. The van der Waals surface area contributed by atoms with E-state index >= 15 is 0 Å². The number of ether oxygens (including phenoxy) is 1. The number of carbonyl (C=O) groups excluding carboxylic acids is 1. The van der Waals surface area contributed by atoms with Crippen molar-refractivity contribution >= 4 is 5.91 Å². The highest BCUT2D eigenvalue weighted by atomic mass is 16.5. The summed E-state index contributed by atoms with van der Waals surface area (Å²) in [7, 11) is 0. The Bertz CT molecular complexity index is 800. The topological polar surface area (TPSA) is 43.3 Å². The summed E-state index contributed by atoms with van der Waals surface area (Å²) in [6, 6.07) is 12.6. The standard InChI is InChI=1S/C21H24N2O2/c24-20(18-7-5-13-23(18)15-9-10-15)22-17-14-21(11-3-4-12-21)25-19-8-2-1-6-16(17)19/h1-2,5-8,13,15,17H,3-4,9-12,14H2,(H,22,24)/t17-/m0/s1. The molecule has 2 heterocycles. The van der Waals surface area contributed by atoms with Gasteiger partial charge in [-0.05, 0) is 56.7 Å². The SMILES string of the molecule is O=C(N[C@H]1CC2(CCCC2)Oc2ccccc21)c1cccn1C1CC1. The number of carbonyl (C=O) groups is 1. The maximum Gasteiger partial charge on any atom is 0.268 e. The van der Waals surface area contributed by atoms with Crippen LogP contribution in [-0.2, 0) is 0 Å². The first-order valence-corrected chi connectivity index (χ1v) is 9.50. The van der Waals surface area contributed by atoms with Crippen LogP contribution in [0.4, 0.5) is 0 Å². The summed E-state index contributed by atoms with van der Waals surface area (Å²) >= 11 is 0. The van der Waals surface area contributed by atoms with Crippen molar-refractivity contribution in [2.75, 3.05) is 0 Å². The van der Waals surface area contributed by atoms with E-state index in [1.165, 1.54) is 25.7 Å². The third kappa shape index (κ3) is 2.64. The highest BCUT2D eigenvalue weighted by Gasteiger charge is 2.43. The van der Waals surface area contributed by atoms with Crippen LogP contribution in [0, 0.1) is 0 Å². The Morgan fingerprint density at radius 3 is 2.72 bits per heavy atom. The first-order chi connectivity index (χ1) is 12.2. The summed E-state index contributed by atoms with van der Waals surface area (Å²) in [5, 5.41) is 3.31. The number of amides is 1. The highest BCUT2D eigenvalue weighted by Crippen LogP contribution is 2.47. The Hall–Kier alpha value is -2.23. The van der Waals surface area contributed by atoms with Gasteiger partial charge in [0, 0.05) is 24.2 Å². The Labute approximate surface area is 148 Å². The Balaban J connectivity index is 1.44. The molecule has 2 fully saturated rings. The van der Waals surface area contributed by atoms with Crippen LogP contribution in [0.15, 0.2) is 42.6 Å². The molecule has 2 saturated carbocycles. The molecule has 3 aliphatic rings. The van der Waals surface area contributed by atoms with Crippen molar-refractivity contribution in [3.8, 4) is 5.75 Å². The van der Waals surface area contributed by atoms with Gasteiger partial charge in [0.1, 0.15) is 17.0 Å². The molecule has 1 spiro atoms. The average molecular weight is 336 g/mol. The second kappa shape index (κ2) is 5.65. The van der Waals surface area contributed by atoms with Crippen molar-refractivity contribution in [1.82, 2.24) is 9.88 Å². The van der Waals surface area contributed by atoms with Gasteiger partial charge >= 0.3 is 0 Å². The first-order valence-electron chi connectivity index (χ1n) is 9.50. The molecule has 130 valence electrons. The maximum absolute atomic E-state index is 13.0. The van der Waals surface area contributed by atoms with E-state index in [1.54, 1.807) is 0 Å². The highest BCUT2D eigenvalue weighted by molar-refractivity contribution is 5.93. The second-order valence-corrected chi connectivity index (χ2v) is 7.79. The number of rotatable bonds is 3. The van der Waals surface area contributed by atoms with E-state index in [-0.39, 0.29) is 17.6 Å². The van der Waals surface area contributed by atoms with Crippen LogP contribution in [0.25, 0.3) is 0 Å². The van der Waals surface area contributed by atoms with E-state index in [9.17, 15) is 4.79 Å². The number of hydrogen-bond acceptors (Lipinski definition) is 2. The average Bonchev–Trinajstić information content (AvgIpc) is 3.17. The van der Waals surface area contributed by atoms with Gasteiger partial charge in [0.05, 0.1) is 6.04 Å². The van der Waals surface area contributed by atoms with Gasteiger partial charge in [-0.2, -0.15) is 0 Å². The summed E-state index contributed by atoms with van der Waals surface area (Å²) in [6.07, 6.45) is 9.87. The van der Waals surface area contributed by atoms with Gasteiger partial charge in [-0.3, -0.25) is 4.79 Å². The maximum atomic E-state index is 13.0. The van der Waals surface area contributed by atoms with Crippen molar-refractivity contribution in [2.45, 2.75) is 62.6 Å². The van der Waals surface area contributed by atoms with E-state index in [1.807, 2.05) is 36.5 Å². The van der Waals surface area contributed by atoms with Gasteiger partial charge in [-0.15, -0.1) is 0 Å². The van der Waals surface area contributed by atoms with Crippen LogP contribution < -0.4 is 10.1 Å². The quantitative estimate of drug-likeness (QED) is 0.903. The molecule has 0 bridgehead atoms. The van der Waals surface area contributed by atoms with Crippen molar-refractivity contribution < 1.29 is 9.53 Å². The number of benzene rings is 1. The molecule has 5 rings (SSSR count). The molecule has 1 N–H and O–H groups in total. The molecule has 2 aromatic rings. The predicted octanol–water partition coefficient (Wildman–Crippen LogP) is 4.39. The normalized spacial score (nSPS) is 23.9. The molecule has 4 heteroatoms. The van der Waals surface area contributed by atoms with E-state index < -0.39 is 0 Å². The lowest BCUT2D eigenvalue weighted by atomic mass is 9.86. The van der Waals surface area contributed by atoms with E-state index in [2.05, 4.69) is 16.0 Å². The van der Waals surface area contributed by atoms with Crippen LogP contribution in [-0.4, -0.2) is 16.1 Å². The molecule has 0 radical (unpaired) electrons. The summed E-state index contributed by atoms with van der Waals surface area (Å²) in [5.41, 5.74) is 1.80. The van der Waals surface area contributed by atoms with E-state index in [4.69, 9.17) is 4.74 Å². The fraction of sp³-hybridized carbons (Fsp3) is 0.476. The largest absolute Gasteiger partial charge is 0.487 e. The van der Waals surface area contributed by atoms with Gasteiger partial charge in [0.25, 0.3) is 5.91 Å². The van der Waals surface area contributed by atoms with Crippen molar-refractivity contribution in [1.29, 1.82) is 0 Å². The van der Waals surface area contributed by atoms with Gasteiger partial charge < -0.3 is 14.6 Å². The molecule has 25 heavy (non-hydrogen) atoms. The molecular formula is C21H24N2O2. The molecule has 0 saturated heterocycles. The third-order valence-electron chi connectivity index (χ3n) is 5.97. The van der Waals surface area contributed by atoms with Crippen molar-refractivity contribution in [2.24, 2.45) is 0 Å². The lowest BCUT2D eigenvalue weighted by Gasteiger charge is -2.40. The fourth-order valence-corrected chi connectivity index (χ4v) is 4.56. The molecule has 1 aliphatic heterocycles. The molecule has 1 amide bonds. The number of fused-ring (bicyclic) bond motifs is 1. The van der Waals surface area contributed by atoms with Gasteiger partial charge in [0.2, 0.25) is 0 Å². The minimum absolute atomic E-state index is 0.0260. The monoisotopic (exact) mass is 336 g/mol. The lowest BCUT2D eigenvalue weighted by molar-refractivity contribution is 0.0359. The van der Waals surface area contributed by atoms with Crippen molar-refractivity contribution in [3.05, 3.63) is 53.9 Å². The fourth-order valence-electron chi connectivity index (χ4n) is 4.56. The van der Waals surface area contributed by atoms with Crippen LogP contribution in [0.1, 0.15) is 73.1 Å². The number of nitrogens with one attached hydrogen (secondary N) is 1. The zero-order valence-electron chi connectivity index (χ0n) is 14.4. The minimum atomic E-state index is -0.0925. The Kier molecular flexibility index (Phi) is 3.40. The Morgan fingerprint density at radius 2 is 1.92 bits per heavy atom. The summed E-state index contributed by atoms with van der Waals surface area (Å²) < 4.78 is 8.53. The van der Waals surface area contributed by atoms with Crippen LogP contribution in [0.3, 0.4) is 0 Å². The zero-order valence-corrected chi connectivity index (χ0v) is 14.4. The smallest absolute Gasteiger partial charge is 0.268 e. The summed E-state index contributed by atoms with van der Waals surface area (Å²) in [5.74, 6) is 0.977. The second-order valence-electron chi connectivity index (χ2n) is 7.79. The summed E-state index contributed by atoms with van der Waals surface area (Å²) in [6.45, 7) is 0. The van der Waals surface area contributed by atoms with Gasteiger partial charge in [-0.1, -0.05) is 18.2 Å². The van der Waals surface area contributed by atoms with E-state index in [0.717, 1.165) is 36.3 Å².